The number of hydrogen-bond donors (Lipinski definition) is 1. The lowest BCUT2D eigenvalue weighted by Crippen LogP contribution is -2.24. The summed E-state index contributed by atoms with van der Waals surface area (Å²) < 4.78 is 0. The average molecular weight is 188 g/mol. The van der Waals surface area contributed by atoms with Crippen LogP contribution in [0.5, 0.6) is 0 Å². The first-order chi connectivity index (χ1) is 5.84. The molecule has 1 N–H and O–H groups in total. The van der Waals surface area contributed by atoms with Gasteiger partial charge in [-0.2, -0.15) is 11.8 Å². The molecule has 2 unspecified atom stereocenters. The number of rotatable bonds is 4. The van der Waals surface area contributed by atoms with E-state index >= 15 is 0 Å². The van der Waals surface area contributed by atoms with Crippen molar-refractivity contribution in [2.75, 3.05) is 12.0 Å². The quantitative estimate of drug-likeness (QED) is 0.684. The third-order valence-electron chi connectivity index (χ3n) is 2.79. The van der Waals surface area contributed by atoms with Crippen molar-refractivity contribution < 1.29 is 5.11 Å². The van der Waals surface area contributed by atoms with E-state index in [9.17, 15) is 5.11 Å². The fourth-order valence-electron chi connectivity index (χ4n) is 2.01. The number of hydrogen-bond acceptors (Lipinski definition) is 2. The van der Waals surface area contributed by atoms with Crippen LogP contribution in [0.1, 0.15) is 38.5 Å². The van der Waals surface area contributed by atoms with E-state index in [1.54, 1.807) is 0 Å². The number of aliphatic hydroxyl groups excluding tert-OH is 1. The van der Waals surface area contributed by atoms with Crippen molar-refractivity contribution in [2.45, 2.75) is 44.6 Å². The Labute approximate surface area is 79.9 Å². The van der Waals surface area contributed by atoms with Gasteiger partial charge in [0.1, 0.15) is 0 Å². The zero-order valence-electron chi connectivity index (χ0n) is 7.96. The second-order valence-electron chi connectivity index (χ2n) is 3.75. The molecule has 1 fully saturated rings. The highest BCUT2D eigenvalue weighted by Gasteiger charge is 2.21. The molecule has 0 spiro atoms. The van der Waals surface area contributed by atoms with E-state index in [2.05, 4.69) is 6.26 Å². The minimum Gasteiger partial charge on any atom is -0.393 e. The van der Waals surface area contributed by atoms with Crippen LogP contribution in [0.15, 0.2) is 0 Å². The van der Waals surface area contributed by atoms with Crippen LogP contribution in [0.25, 0.3) is 0 Å². The Balaban J connectivity index is 2.11. The summed E-state index contributed by atoms with van der Waals surface area (Å²) in [6.45, 7) is 0. The number of aliphatic hydroxyl groups is 1. The van der Waals surface area contributed by atoms with Crippen molar-refractivity contribution in [1.82, 2.24) is 0 Å². The van der Waals surface area contributed by atoms with E-state index in [1.807, 2.05) is 11.8 Å². The molecule has 1 aliphatic carbocycles. The topological polar surface area (TPSA) is 20.2 Å². The second-order valence-corrected chi connectivity index (χ2v) is 4.73. The van der Waals surface area contributed by atoms with E-state index in [0.29, 0.717) is 5.92 Å². The Morgan fingerprint density at radius 1 is 1.33 bits per heavy atom. The third-order valence-corrected chi connectivity index (χ3v) is 3.49. The molecular formula is C10H20OS. The summed E-state index contributed by atoms with van der Waals surface area (Å²) in [5.41, 5.74) is 0. The van der Waals surface area contributed by atoms with Crippen LogP contribution in [-0.2, 0) is 0 Å². The lowest BCUT2D eigenvalue weighted by atomic mass is 9.84. The summed E-state index contributed by atoms with van der Waals surface area (Å²) in [6, 6.07) is 0. The van der Waals surface area contributed by atoms with Gasteiger partial charge in [-0.15, -0.1) is 0 Å². The van der Waals surface area contributed by atoms with Gasteiger partial charge in [0, 0.05) is 0 Å². The highest BCUT2D eigenvalue weighted by molar-refractivity contribution is 7.98. The largest absolute Gasteiger partial charge is 0.393 e. The maximum absolute atomic E-state index is 9.66. The molecule has 0 heterocycles. The SMILES string of the molecule is CSCCCC1CCCCC1O. The van der Waals surface area contributed by atoms with Gasteiger partial charge < -0.3 is 5.11 Å². The molecule has 1 aliphatic rings. The lowest BCUT2D eigenvalue weighted by Gasteiger charge is -2.27. The molecular weight excluding hydrogens is 168 g/mol. The Kier molecular flexibility index (Phi) is 5.08. The molecule has 72 valence electrons. The fourth-order valence-corrected chi connectivity index (χ4v) is 2.47. The summed E-state index contributed by atoms with van der Waals surface area (Å²) in [5.74, 6) is 1.87. The molecule has 2 atom stereocenters. The monoisotopic (exact) mass is 188 g/mol. The smallest absolute Gasteiger partial charge is 0.0568 e. The fraction of sp³-hybridized carbons (Fsp3) is 1.00. The summed E-state index contributed by atoms with van der Waals surface area (Å²) in [6.07, 6.45) is 9.56. The van der Waals surface area contributed by atoms with Crippen LogP contribution in [0.2, 0.25) is 0 Å². The first kappa shape index (κ1) is 10.4. The van der Waals surface area contributed by atoms with E-state index < -0.39 is 0 Å². The Morgan fingerprint density at radius 3 is 2.75 bits per heavy atom. The summed E-state index contributed by atoms with van der Waals surface area (Å²) in [4.78, 5) is 0. The van der Waals surface area contributed by atoms with Crippen LogP contribution in [0, 0.1) is 5.92 Å². The van der Waals surface area contributed by atoms with Crippen molar-refractivity contribution in [3.63, 3.8) is 0 Å². The van der Waals surface area contributed by atoms with Crippen molar-refractivity contribution in [3.8, 4) is 0 Å². The van der Waals surface area contributed by atoms with Crippen LogP contribution in [0.3, 0.4) is 0 Å². The van der Waals surface area contributed by atoms with Gasteiger partial charge in [0.05, 0.1) is 6.10 Å². The highest BCUT2D eigenvalue weighted by atomic mass is 32.2. The first-order valence-corrected chi connectivity index (χ1v) is 6.41. The van der Waals surface area contributed by atoms with E-state index in [1.165, 1.54) is 37.9 Å². The van der Waals surface area contributed by atoms with Crippen molar-refractivity contribution in [3.05, 3.63) is 0 Å². The van der Waals surface area contributed by atoms with Crippen LogP contribution >= 0.6 is 11.8 Å². The van der Waals surface area contributed by atoms with Crippen molar-refractivity contribution in [1.29, 1.82) is 0 Å². The van der Waals surface area contributed by atoms with Crippen molar-refractivity contribution >= 4 is 11.8 Å². The molecule has 0 bridgehead atoms. The summed E-state index contributed by atoms with van der Waals surface area (Å²) in [7, 11) is 0. The minimum absolute atomic E-state index is 0.0145. The summed E-state index contributed by atoms with van der Waals surface area (Å²) in [5, 5.41) is 9.66. The highest BCUT2D eigenvalue weighted by Crippen LogP contribution is 2.28. The van der Waals surface area contributed by atoms with Crippen LogP contribution in [-0.4, -0.2) is 23.2 Å². The predicted octanol–water partition coefficient (Wildman–Crippen LogP) is 2.68. The molecule has 0 amide bonds. The second kappa shape index (κ2) is 5.87. The molecule has 0 aromatic rings. The van der Waals surface area contributed by atoms with Gasteiger partial charge in [-0.25, -0.2) is 0 Å². The normalized spacial score (nSPS) is 30.5. The summed E-state index contributed by atoms with van der Waals surface area (Å²) >= 11 is 1.91. The molecule has 0 radical (unpaired) electrons. The molecule has 1 saturated carbocycles. The van der Waals surface area contributed by atoms with Gasteiger partial charge in [-0.1, -0.05) is 12.8 Å². The van der Waals surface area contributed by atoms with Gasteiger partial charge in [-0.3, -0.25) is 0 Å². The molecule has 12 heavy (non-hydrogen) atoms. The Bertz CT molecular complexity index is 116. The zero-order valence-corrected chi connectivity index (χ0v) is 8.78. The number of thioether (sulfide) groups is 1. The molecule has 2 heteroatoms. The lowest BCUT2D eigenvalue weighted by molar-refractivity contribution is 0.0651. The van der Waals surface area contributed by atoms with Gasteiger partial charge in [0.25, 0.3) is 0 Å². The van der Waals surface area contributed by atoms with Crippen LogP contribution < -0.4 is 0 Å². The predicted molar refractivity (Wildman–Crippen MR) is 55.6 cm³/mol. The average Bonchev–Trinajstić information content (AvgIpc) is 2.09. The van der Waals surface area contributed by atoms with Gasteiger partial charge in [0.15, 0.2) is 0 Å². The van der Waals surface area contributed by atoms with Gasteiger partial charge in [0.2, 0.25) is 0 Å². The Morgan fingerprint density at radius 2 is 2.08 bits per heavy atom. The minimum atomic E-state index is 0.0145. The van der Waals surface area contributed by atoms with E-state index in [-0.39, 0.29) is 6.10 Å². The standard InChI is InChI=1S/C10H20OS/c1-12-8-4-6-9-5-2-3-7-10(9)11/h9-11H,2-8H2,1H3. The van der Waals surface area contributed by atoms with E-state index in [0.717, 1.165) is 6.42 Å². The molecule has 0 aromatic heterocycles. The molecule has 1 nitrogen and oxygen atoms in total. The Hall–Kier alpha value is 0.310. The van der Waals surface area contributed by atoms with Gasteiger partial charge >= 0.3 is 0 Å². The first-order valence-electron chi connectivity index (χ1n) is 5.01. The van der Waals surface area contributed by atoms with E-state index in [4.69, 9.17) is 0 Å². The van der Waals surface area contributed by atoms with Crippen LogP contribution in [0.4, 0.5) is 0 Å². The maximum Gasteiger partial charge on any atom is 0.0568 e. The third kappa shape index (κ3) is 3.36. The zero-order chi connectivity index (χ0) is 8.81. The molecule has 0 saturated heterocycles. The van der Waals surface area contributed by atoms with Gasteiger partial charge in [-0.05, 0) is 43.6 Å². The maximum atomic E-state index is 9.66. The molecule has 0 aromatic carbocycles. The molecule has 1 rings (SSSR count). The molecule has 0 aliphatic heterocycles. The van der Waals surface area contributed by atoms with Crippen molar-refractivity contribution in [2.24, 2.45) is 5.92 Å².